The van der Waals surface area contributed by atoms with Crippen molar-refractivity contribution in [3.8, 4) is 0 Å². The topological polar surface area (TPSA) is 37.4 Å². The number of hydrogen-bond donors (Lipinski definition) is 0. The molecule has 1 aliphatic rings. The van der Waals surface area contributed by atoms with Crippen molar-refractivity contribution >= 4 is 26.0 Å². The summed E-state index contributed by atoms with van der Waals surface area (Å²) in [5.41, 5.74) is 1.21. The summed E-state index contributed by atoms with van der Waals surface area (Å²) in [6.07, 6.45) is 2.18. The van der Waals surface area contributed by atoms with Crippen LogP contribution >= 0.6 is 15.9 Å². The Balaban J connectivity index is 2.15. The Morgan fingerprint density at radius 3 is 2.75 bits per heavy atom. The van der Waals surface area contributed by atoms with Crippen molar-refractivity contribution in [2.45, 2.75) is 12.3 Å². The first-order valence-electron chi connectivity index (χ1n) is 5.17. The summed E-state index contributed by atoms with van der Waals surface area (Å²) in [4.78, 5) is 0. The third-order valence-electron chi connectivity index (χ3n) is 2.94. The minimum atomic E-state index is -3.03. The second kappa shape index (κ2) is 4.47. The average Bonchev–Trinajstić information content (AvgIpc) is 2.65. The highest BCUT2D eigenvalue weighted by atomic mass is 79.9. The maximum absolute atomic E-state index is 11.4. The third-order valence-corrected chi connectivity index (χ3v) is 4.70. The van der Waals surface area contributed by atoms with Gasteiger partial charge >= 0.3 is 0 Å². The lowest BCUT2D eigenvalue weighted by atomic mass is 9.99. The lowest BCUT2D eigenvalue weighted by molar-refractivity contribution is 0.478. The smallest absolute Gasteiger partial charge is 0.211 e. The first kappa shape index (κ1) is 12.1. The molecule has 3 nitrogen and oxygen atoms in total. The van der Waals surface area contributed by atoms with Crippen LogP contribution < -0.4 is 0 Å². The van der Waals surface area contributed by atoms with Gasteiger partial charge in [-0.05, 0) is 30.0 Å². The van der Waals surface area contributed by atoms with Gasteiger partial charge in [0.1, 0.15) is 0 Å². The van der Waals surface area contributed by atoms with Crippen molar-refractivity contribution in [1.29, 1.82) is 0 Å². The highest BCUT2D eigenvalue weighted by Gasteiger charge is 2.29. The van der Waals surface area contributed by atoms with E-state index in [1.165, 1.54) is 11.8 Å². The van der Waals surface area contributed by atoms with E-state index in [1.54, 1.807) is 4.31 Å². The number of sulfonamides is 1. The molecule has 0 amide bonds. The Bertz CT molecular complexity index is 487. The van der Waals surface area contributed by atoms with E-state index in [0.29, 0.717) is 19.0 Å². The van der Waals surface area contributed by atoms with Crippen molar-refractivity contribution in [2.75, 3.05) is 19.3 Å². The summed E-state index contributed by atoms with van der Waals surface area (Å²) >= 11 is 3.43. The Hall–Kier alpha value is -0.390. The van der Waals surface area contributed by atoms with Gasteiger partial charge in [0, 0.05) is 17.6 Å². The maximum atomic E-state index is 11.4. The van der Waals surface area contributed by atoms with Crippen LogP contribution in [0.4, 0.5) is 0 Å². The van der Waals surface area contributed by atoms with Crippen LogP contribution in [0.2, 0.25) is 0 Å². The molecule has 0 bridgehead atoms. The van der Waals surface area contributed by atoms with Crippen LogP contribution in [-0.4, -0.2) is 32.1 Å². The number of halogens is 1. The van der Waals surface area contributed by atoms with Gasteiger partial charge in [0.25, 0.3) is 0 Å². The highest BCUT2D eigenvalue weighted by molar-refractivity contribution is 9.10. The van der Waals surface area contributed by atoms with Gasteiger partial charge < -0.3 is 0 Å². The fraction of sp³-hybridized carbons (Fsp3) is 0.455. The van der Waals surface area contributed by atoms with Crippen molar-refractivity contribution in [3.05, 3.63) is 34.3 Å². The van der Waals surface area contributed by atoms with Gasteiger partial charge in [-0.1, -0.05) is 28.1 Å². The Labute approximate surface area is 105 Å². The Kier molecular flexibility index (Phi) is 3.37. The van der Waals surface area contributed by atoms with Crippen molar-refractivity contribution in [3.63, 3.8) is 0 Å². The van der Waals surface area contributed by atoms with Gasteiger partial charge in [-0.25, -0.2) is 12.7 Å². The second-order valence-corrected chi connectivity index (χ2v) is 7.06. The molecule has 1 heterocycles. The average molecular weight is 304 g/mol. The molecule has 0 radical (unpaired) electrons. The van der Waals surface area contributed by atoms with Gasteiger partial charge in [0.05, 0.1) is 6.26 Å². The van der Waals surface area contributed by atoms with Gasteiger partial charge in [0.15, 0.2) is 0 Å². The van der Waals surface area contributed by atoms with Crippen LogP contribution in [0, 0.1) is 0 Å². The van der Waals surface area contributed by atoms with Gasteiger partial charge in [-0.2, -0.15) is 0 Å². The second-order valence-electron chi connectivity index (χ2n) is 4.16. The summed E-state index contributed by atoms with van der Waals surface area (Å²) in [5, 5.41) is 0. The first-order valence-corrected chi connectivity index (χ1v) is 7.81. The molecule has 1 aromatic carbocycles. The van der Waals surface area contributed by atoms with E-state index in [4.69, 9.17) is 0 Å². The molecule has 0 N–H and O–H groups in total. The van der Waals surface area contributed by atoms with Gasteiger partial charge in [-0.3, -0.25) is 0 Å². The molecule has 88 valence electrons. The van der Waals surface area contributed by atoms with Crippen LogP contribution in [0.15, 0.2) is 28.7 Å². The number of nitrogens with zero attached hydrogens (tertiary/aromatic N) is 1. The molecular weight excluding hydrogens is 290 g/mol. The Morgan fingerprint density at radius 2 is 2.19 bits per heavy atom. The van der Waals surface area contributed by atoms with Crippen LogP contribution in [-0.2, 0) is 10.0 Å². The third kappa shape index (κ3) is 2.64. The molecule has 2 rings (SSSR count). The highest BCUT2D eigenvalue weighted by Crippen LogP contribution is 2.29. The predicted molar refractivity (Wildman–Crippen MR) is 67.9 cm³/mol. The summed E-state index contributed by atoms with van der Waals surface area (Å²) in [6, 6.07) is 8.09. The fourth-order valence-corrected chi connectivity index (χ4v) is 3.37. The zero-order valence-electron chi connectivity index (χ0n) is 9.06. The minimum absolute atomic E-state index is 0.326. The molecule has 0 aromatic heterocycles. The molecule has 16 heavy (non-hydrogen) atoms. The molecule has 1 fully saturated rings. The summed E-state index contributed by atoms with van der Waals surface area (Å²) in [6.45, 7) is 1.24. The molecule has 1 aliphatic heterocycles. The van der Waals surface area contributed by atoms with Gasteiger partial charge in [-0.15, -0.1) is 0 Å². The molecule has 5 heteroatoms. The summed E-state index contributed by atoms with van der Waals surface area (Å²) in [5.74, 6) is 0.326. The number of rotatable bonds is 2. The molecule has 0 aliphatic carbocycles. The number of benzene rings is 1. The van der Waals surface area contributed by atoms with E-state index >= 15 is 0 Å². The van der Waals surface area contributed by atoms with Crippen molar-refractivity contribution in [1.82, 2.24) is 4.31 Å². The molecule has 1 unspecified atom stereocenters. The van der Waals surface area contributed by atoms with E-state index in [-0.39, 0.29) is 0 Å². The summed E-state index contributed by atoms with van der Waals surface area (Å²) in [7, 11) is -3.03. The van der Waals surface area contributed by atoms with E-state index in [2.05, 4.69) is 28.1 Å². The fourth-order valence-electron chi connectivity index (χ4n) is 2.06. The predicted octanol–water partition coefficient (Wildman–Crippen LogP) is 2.20. The molecule has 1 saturated heterocycles. The molecule has 1 atom stereocenters. The SMILES string of the molecule is CS(=O)(=O)N1CCC(c2cccc(Br)c2)C1. The maximum Gasteiger partial charge on any atom is 0.211 e. The van der Waals surface area contributed by atoms with Crippen LogP contribution in [0.25, 0.3) is 0 Å². The minimum Gasteiger partial charge on any atom is -0.213 e. The normalized spacial score (nSPS) is 22.5. The van der Waals surface area contributed by atoms with Crippen LogP contribution in [0.1, 0.15) is 17.9 Å². The van der Waals surface area contributed by atoms with E-state index in [1.807, 2.05) is 12.1 Å². The van der Waals surface area contributed by atoms with Gasteiger partial charge in [0.2, 0.25) is 10.0 Å². The first-order chi connectivity index (χ1) is 7.47. The van der Waals surface area contributed by atoms with E-state index in [9.17, 15) is 8.42 Å². The lowest BCUT2D eigenvalue weighted by Gasteiger charge is -2.13. The number of hydrogen-bond acceptors (Lipinski definition) is 2. The Morgan fingerprint density at radius 1 is 1.44 bits per heavy atom. The van der Waals surface area contributed by atoms with Crippen LogP contribution in [0.3, 0.4) is 0 Å². The molecule has 1 aromatic rings. The van der Waals surface area contributed by atoms with E-state index in [0.717, 1.165) is 10.9 Å². The molecule has 0 spiro atoms. The zero-order valence-corrected chi connectivity index (χ0v) is 11.5. The molecular formula is C11H14BrNO2S. The molecule has 0 saturated carbocycles. The quantitative estimate of drug-likeness (QED) is 0.840. The zero-order chi connectivity index (χ0) is 11.8. The largest absolute Gasteiger partial charge is 0.213 e. The van der Waals surface area contributed by atoms with Crippen molar-refractivity contribution in [2.24, 2.45) is 0 Å². The van der Waals surface area contributed by atoms with E-state index < -0.39 is 10.0 Å². The standard InChI is InChI=1S/C11H14BrNO2S/c1-16(14,15)13-6-5-10(8-13)9-3-2-4-11(12)7-9/h2-4,7,10H,5-6,8H2,1H3. The monoisotopic (exact) mass is 303 g/mol. The van der Waals surface area contributed by atoms with Crippen molar-refractivity contribution < 1.29 is 8.42 Å². The van der Waals surface area contributed by atoms with Crippen LogP contribution in [0.5, 0.6) is 0 Å². The lowest BCUT2D eigenvalue weighted by Crippen LogP contribution is -2.27. The summed E-state index contributed by atoms with van der Waals surface area (Å²) < 4.78 is 25.4.